The molecule has 2 aromatic rings. The van der Waals surface area contributed by atoms with Gasteiger partial charge in [-0.05, 0) is 24.1 Å². The SMILES string of the molecule is COc1c(F)cc(-c2c(C#N)c(N)[nH]c(=O)c2C#N)c(C)c1Cl. The van der Waals surface area contributed by atoms with Crippen LogP contribution in [0, 0.1) is 35.4 Å². The first-order chi connectivity index (χ1) is 10.9. The van der Waals surface area contributed by atoms with Crippen LogP contribution in [0.1, 0.15) is 16.7 Å². The van der Waals surface area contributed by atoms with E-state index >= 15 is 0 Å². The topological polar surface area (TPSA) is 116 Å². The van der Waals surface area contributed by atoms with Crippen LogP contribution in [0.2, 0.25) is 5.02 Å². The first-order valence-electron chi connectivity index (χ1n) is 6.26. The number of nitrogens with one attached hydrogen (secondary N) is 1. The molecule has 0 spiro atoms. The average Bonchev–Trinajstić information content (AvgIpc) is 2.51. The molecule has 2 rings (SSSR count). The summed E-state index contributed by atoms with van der Waals surface area (Å²) in [5.74, 6) is -1.16. The predicted molar refractivity (Wildman–Crippen MR) is 82.6 cm³/mol. The van der Waals surface area contributed by atoms with E-state index in [-0.39, 0.29) is 38.8 Å². The highest BCUT2D eigenvalue weighted by Gasteiger charge is 2.23. The molecule has 1 aromatic carbocycles. The monoisotopic (exact) mass is 332 g/mol. The van der Waals surface area contributed by atoms with E-state index < -0.39 is 11.4 Å². The van der Waals surface area contributed by atoms with Crippen LogP contribution >= 0.6 is 11.6 Å². The molecule has 3 N–H and O–H groups in total. The van der Waals surface area contributed by atoms with Gasteiger partial charge in [-0.3, -0.25) is 4.79 Å². The van der Waals surface area contributed by atoms with Crippen LogP contribution in [0.15, 0.2) is 10.9 Å². The molecule has 8 heteroatoms. The molecule has 0 aliphatic rings. The van der Waals surface area contributed by atoms with E-state index in [1.807, 2.05) is 6.07 Å². The molecule has 0 aliphatic heterocycles. The molecular weight excluding hydrogens is 323 g/mol. The van der Waals surface area contributed by atoms with Crippen molar-refractivity contribution in [3.8, 4) is 29.0 Å². The second kappa shape index (κ2) is 5.99. The van der Waals surface area contributed by atoms with E-state index in [0.29, 0.717) is 5.56 Å². The molecule has 116 valence electrons. The van der Waals surface area contributed by atoms with Crippen LogP contribution in [0.5, 0.6) is 5.75 Å². The van der Waals surface area contributed by atoms with Crippen molar-refractivity contribution < 1.29 is 9.13 Å². The number of halogens is 2. The molecule has 0 amide bonds. The van der Waals surface area contributed by atoms with Gasteiger partial charge in [-0.2, -0.15) is 10.5 Å². The highest BCUT2D eigenvalue weighted by atomic mass is 35.5. The normalized spacial score (nSPS) is 10.0. The van der Waals surface area contributed by atoms with Gasteiger partial charge in [0.15, 0.2) is 11.6 Å². The molecule has 1 heterocycles. The van der Waals surface area contributed by atoms with Crippen molar-refractivity contribution in [1.82, 2.24) is 4.98 Å². The van der Waals surface area contributed by atoms with Crippen molar-refractivity contribution in [1.29, 1.82) is 10.5 Å². The lowest BCUT2D eigenvalue weighted by Crippen LogP contribution is -2.16. The Kier molecular flexibility index (Phi) is 4.26. The number of rotatable bonds is 2. The number of pyridine rings is 1. The molecule has 0 radical (unpaired) electrons. The second-order valence-corrected chi connectivity index (χ2v) is 4.97. The van der Waals surface area contributed by atoms with Crippen molar-refractivity contribution >= 4 is 17.4 Å². The number of aromatic nitrogens is 1. The third-order valence-electron chi connectivity index (χ3n) is 3.36. The van der Waals surface area contributed by atoms with E-state index in [9.17, 15) is 19.7 Å². The fourth-order valence-corrected chi connectivity index (χ4v) is 2.52. The first kappa shape index (κ1) is 16.3. The van der Waals surface area contributed by atoms with Crippen molar-refractivity contribution in [2.75, 3.05) is 12.8 Å². The molecule has 0 bridgehead atoms. The molecule has 0 unspecified atom stereocenters. The third kappa shape index (κ3) is 2.48. The maximum Gasteiger partial charge on any atom is 0.268 e. The Morgan fingerprint density at radius 1 is 1.35 bits per heavy atom. The Morgan fingerprint density at radius 3 is 2.48 bits per heavy atom. The van der Waals surface area contributed by atoms with Crippen LogP contribution in [-0.4, -0.2) is 12.1 Å². The van der Waals surface area contributed by atoms with Gasteiger partial charge in [0.05, 0.1) is 12.1 Å². The van der Waals surface area contributed by atoms with Gasteiger partial charge in [-0.15, -0.1) is 0 Å². The lowest BCUT2D eigenvalue weighted by atomic mass is 9.93. The number of hydrogen-bond acceptors (Lipinski definition) is 5. The Hall–Kier alpha value is -3.03. The van der Waals surface area contributed by atoms with E-state index in [1.54, 1.807) is 13.0 Å². The smallest absolute Gasteiger partial charge is 0.268 e. The lowest BCUT2D eigenvalue weighted by molar-refractivity contribution is 0.386. The number of aromatic amines is 1. The first-order valence-corrected chi connectivity index (χ1v) is 6.64. The van der Waals surface area contributed by atoms with Crippen LogP contribution in [-0.2, 0) is 0 Å². The summed E-state index contributed by atoms with van der Waals surface area (Å²) in [6.45, 7) is 1.55. The Morgan fingerprint density at radius 2 is 1.96 bits per heavy atom. The maximum atomic E-state index is 14.2. The van der Waals surface area contributed by atoms with E-state index in [1.165, 1.54) is 7.11 Å². The van der Waals surface area contributed by atoms with Crippen molar-refractivity contribution in [2.24, 2.45) is 0 Å². The van der Waals surface area contributed by atoms with Gasteiger partial charge in [0.1, 0.15) is 29.1 Å². The molecule has 0 aliphatic carbocycles. The largest absolute Gasteiger partial charge is 0.492 e. The number of methoxy groups -OCH3 is 1. The summed E-state index contributed by atoms with van der Waals surface area (Å²) >= 11 is 6.08. The summed E-state index contributed by atoms with van der Waals surface area (Å²) < 4.78 is 19.0. The van der Waals surface area contributed by atoms with E-state index in [0.717, 1.165) is 6.07 Å². The Labute approximate surface area is 135 Å². The third-order valence-corrected chi connectivity index (χ3v) is 3.82. The van der Waals surface area contributed by atoms with Gasteiger partial charge in [-0.1, -0.05) is 11.6 Å². The summed E-state index contributed by atoms with van der Waals surface area (Å²) in [5, 5.41) is 18.5. The summed E-state index contributed by atoms with van der Waals surface area (Å²) in [7, 11) is 1.26. The van der Waals surface area contributed by atoms with Gasteiger partial charge >= 0.3 is 0 Å². The highest BCUT2D eigenvalue weighted by molar-refractivity contribution is 6.33. The molecule has 0 atom stereocenters. The van der Waals surface area contributed by atoms with Crippen LogP contribution in [0.3, 0.4) is 0 Å². The molecule has 6 nitrogen and oxygen atoms in total. The fraction of sp³-hybridized carbons (Fsp3) is 0.133. The molecule has 1 aromatic heterocycles. The van der Waals surface area contributed by atoms with Gasteiger partial charge in [-0.25, -0.2) is 4.39 Å². The minimum atomic E-state index is -0.787. The van der Waals surface area contributed by atoms with E-state index in [4.69, 9.17) is 22.1 Å². The number of nitriles is 2. The number of ether oxygens (including phenoxy) is 1. The molecular formula is C15H10ClFN4O2. The van der Waals surface area contributed by atoms with Gasteiger partial charge in [0, 0.05) is 5.56 Å². The van der Waals surface area contributed by atoms with Crippen molar-refractivity contribution in [3.63, 3.8) is 0 Å². The number of hydrogen-bond donors (Lipinski definition) is 2. The summed E-state index contributed by atoms with van der Waals surface area (Å²) in [6, 6.07) is 4.58. The van der Waals surface area contributed by atoms with Crippen molar-refractivity contribution in [2.45, 2.75) is 6.92 Å². The lowest BCUT2D eigenvalue weighted by Gasteiger charge is -2.15. The van der Waals surface area contributed by atoms with Gasteiger partial charge < -0.3 is 15.5 Å². The summed E-state index contributed by atoms with van der Waals surface area (Å²) in [6.07, 6.45) is 0. The van der Waals surface area contributed by atoms with Crippen LogP contribution in [0.25, 0.3) is 11.1 Å². The molecule has 0 saturated carbocycles. The van der Waals surface area contributed by atoms with E-state index in [2.05, 4.69) is 4.98 Å². The maximum absolute atomic E-state index is 14.2. The zero-order valence-electron chi connectivity index (χ0n) is 12.1. The van der Waals surface area contributed by atoms with Crippen LogP contribution < -0.4 is 16.0 Å². The number of nitrogens with zero attached hydrogens (tertiary/aromatic N) is 2. The number of anilines is 1. The minimum absolute atomic E-state index is 0.0193. The molecule has 0 fully saturated rings. The van der Waals surface area contributed by atoms with Gasteiger partial charge in [0.25, 0.3) is 5.56 Å². The molecule has 0 saturated heterocycles. The predicted octanol–water partition coefficient (Wildman–Crippen LogP) is 2.48. The number of nitrogens with two attached hydrogens (primary N) is 1. The Bertz CT molecular complexity index is 954. The number of nitrogen functional groups attached to an aromatic ring is 1. The zero-order valence-corrected chi connectivity index (χ0v) is 12.9. The van der Waals surface area contributed by atoms with Crippen molar-refractivity contribution in [3.05, 3.63) is 44.0 Å². The number of benzene rings is 1. The number of H-pyrrole nitrogens is 1. The standard InChI is InChI=1S/C15H10ClFN4O2/c1-6-7(3-10(17)13(23-2)12(6)16)11-8(4-18)14(20)21-15(22)9(11)5-19/h3H,1-2H3,(H3,20,21,22). The Balaban J connectivity index is 3.03. The minimum Gasteiger partial charge on any atom is -0.492 e. The molecule has 23 heavy (non-hydrogen) atoms. The second-order valence-electron chi connectivity index (χ2n) is 4.59. The zero-order chi connectivity index (χ0) is 17.3. The highest BCUT2D eigenvalue weighted by Crippen LogP contribution is 2.39. The summed E-state index contributed by atoms with van der Waals surface area (Å²) in [4.78, 5) is 14.1. The quantitative estimate of drug-likeness (QED) is 0.876. The summed E-state index contributed by atoms with van der Waals surface area (Å²) in [5.41, 5.74) is 4.80. The fourth-order valence-electron chi connectivity index (χ4n) is 2.25. The van der Waals surface area contributed by atoms with Crippen LogP contribution in [0.4, 0.5) is 10.2 Å². The average molecular weight is 333 g/mol. The van der Waals surface area contributed by atoms with Gasteiger partial charge in [0.2, 0.25) is 0 Å².